The molecular weight excluding hydrogens is 304 g/mol. The molecule has 1 atom stereocenters. The van der Waals surface area contributed by atoms with Crippen LogP contribution in [-0.4, -0.2) is 27.4 Å². The Morgan fingerprint density at radius 1 is 1.45 bits per heavy atom. The Morgan fingerprint density at radius 2 is 2.10 bits per heavy atom. The van der Waals surface area contributed by atoms with Crippen LogP contribution in [0.3, 0.4) is 0 Å². The molecule has 7 nitrogen and oxygen atoms in total. The molecule has 1 rings (SSSR count). The minimum absolute atomic E-state index is 0.0294. The predicted molar refractivity (Wildman–Crippen MR) is 73.3 cm³/mol. The Morgan fingerprint density at radius 3 is 2.55 bits per heavy atom. The third-order valence-electron chi connectivity index (χ3n) is 2.56. The van der Waals surface area contributed by atoms with Crippen molar-refractivity contribution in [2.75, 3.05) is 7.11 Å². The van der Waals surface area contributed by atoms with E-state index >= 15 is 0 Å². The molecule has 112 valence electrons. The summed E-state index contributed by atoms with van der Waals surface area (Å²) >= 11 is 0.971. The Labute approximate surface area is 121 Å². The first kappa shape index (κ1) is 16.6. The van der Waals surface area contributed by atoms with E-state index in [1.165, 1.54) is 13.2 Å². The van der Waals surface area contributed by atoms with E-state index in [4.69, 9.17) is 5.14 Å². The highest BCUT2D eigenvalue weighted by molar-refractivity contribution is 7.91. The number of carbonyl (C=O) groups is 2. The van der Waals surface area contributed by atoms with E-state index in [0.29, 0.717) is 11.3 Å². The summed E-state index contributed by atoms with van der Waals surface area (Å²) < 4.78 is 26.8. The van der Waals surface area contributed by atoms with Gasteiger partial charge in [-0.15, -0.1) is 11.3 Å². The molecule has 0 radical (unpaired) electrons. The van der Waals surface area contributed by atoms with Gasteiger partial charge < -0.3 is 10.1 Å². The molecule has 0 aliphatic rings. The number of carbonyl (C=O) groups excluding carboxylic acids is 2. The number of primary sulfonamides is 1. The van der Waals surface area contributed by atoms with Crippen molar-refractivity contribution in [1.82, 2.24) is 5.32 Å². The fourth-order valence-corrected chi connectivity index (χ4v) is 3.22. The molecule has 3 N–H and O–H groups in total. The molecule has 1 heterocycles. The number of methoxy groups -OCH3 is 1. The normalized spacial score (nSPS) is 12.8. The highest BCUT2D eigenvalue weighted by Gasteiger charge is 2.25. The van der Waals surface area contributed by atoms with Gasteiger partial charge in [0, 0.05) is 4.88 Å². The van der Waals surface area contributed by atoms with E-state index in [1.807, 2.05) is 0 Å². The molecule has 20 heavy (non-hydrogen) atoms. The maximum Gasteiger partial charge on any atom is 0.318 e. The van der Waals surface area contributed by atoms with Gasteiger partial charge in [-0.3, -0.25) is 9.59 Å². The second kappa shape index (κ2) is 6.82. The van der Waals surface area contributed by atoms with E-state index in [0.717, 1.165) is 11.3 Å². The SMILES string of the molecule is CC[C@H](C(=O)NCc1ccc(S(N)(=O)=O)s1)C(=O)OC. The Bertz CT molecular complexity index is 594. The number of sulfonamides is 1. The van der Waals surface area contributed by atoms with Crippen LogP contribution < -0.4 is 10.5 Å². The zero-order valence-electron chi connectivity index (χ0n) is 11.1. The van der Waals surface area contributed by atoms with Gasteiger partial charge in [0.05, 0.1) is 13.7 Å². The van der Waals surface area contributed by atoms with Crippen LogP contribution in [-0.2, 0) is 30.9 Å². The number of nitrogens with one attached hydrogen (secondary N) is 1. The Kier molecular flexibility index (Phi) is 5.66. The number of ether oxygens (including phenoxy) is 1. The molecular formula is C11H16N2O5S2. The molecule has 0 bridgehead atoms. The second-order valence-electron chi connectivity index (χ2n) is 3.97. The molecule has 9 heteroatoms. The van der Waals surface area contributed by atoms with Crippen LogP contribution in [0.15, 0.2) is 16.3 Å². The summed E-state index contributed by atoms with van der Waals surface area (Å²) in [4.78, 5) is 23.8. The first-order valence-corrected chi connectivity index (χ1v) is 8.13. The van der Waals surface area contributed by atoms with Crippen molar-refractivity contribution in [2.24, 2.45) is 11.1 Å². The molecule has 0 aromatic carbocycles. The minimum Gasteiger partial charge on any atom is -0.468 e. The van der Waals surface area contributed by atoms with Crippen molar-refractivity contribution < 1.29 is 22.7 Å². The van der Waals surface area contributed by atoms with Gasteiger partial charge in [0.1, 0.15) is 10.1 Å². The lowest BCUT2D eigenvalue weighted by molar-refractivity contribution is -0.150. The molecule has 1 amide bonds. The fourth-order valence-electron chi connectivity index (χ4n) is 1.50. The predicted octanol–water partition coefficient (Wildman–Crippen LogP) is 0.211. The third-order valence-corrected chi connectivity index (χ3v) is 5.09. The number of rotatable bonds is 6. The van der Waals surface area contributed by atoms with Crippen LogP contribution in [0.1, 0.15) is 18.2 Å². The third kappa shape index (κ3) is 4.29. The smallest absolute Gasteiger partial charge is 0.318 e. The lowest BCUT2D eigenvalue weighted by Crippen LogP contribution is -2.35. The standard InChI is InChI=1S/C11H16N2O5S2/c1-3-8(11(15)18-2)10(14)13-6-7-4-5-9(19-7)20(12,16)17/h4-5,8H,3,6H2,1-2H3,(H,13,14)(H2,12,16,17)/t8-/m1/s1. The summed E-state index contributed by atoms with van der Waals surface area (Å²) in [5, 5.41) is 7.55. The first-order valence-electron chi connectivity index (χ1n) is 5.76. The summed E-state index contributed by atoms with van der Waals surface area (Å²) in [5.41, 5.74) is 0. The zero-order chi connectivity index (χ0) is 15.3. The van der Waals surface area contributed by atoms with Gasteiger partial charge >= 0.3 is 5.97 Å². The van der Waals surface area contributed by atoms with Gasteiger partial charge in [-0.1, -0.05) is 6.92 Å². The monoisotopic (exact) mass is 320 g/mol. The van der Waals surface area contributed by atoms with Crippen molar-refractivity contribution in [1.29, 1.82) is 0 Å². The average molecular weight is 320 g/mol. The quantitative estimate of drug-likeness (QED) is 0.574. The van der Waals surface area contributed by atoms with Crippen LogP contribution in [0.4, 0.5) is 0 Å². The van der Waals surface area contributed by atoms with Crippen molar-refractivity contribution >= 4 is 33.2 Å². The van der Waals surface area contributed by atoms with Gasteiger partial charge in [0.25, 0.3) is 0 Å². The fraction of sp³-hybridized carbons (Fsp3) is 0.455. The highest BCUT2D eigenvalue weighted by atomic mass is 32.2. The summed E-state index contributed by atoms with van der Waals surface area (Å²) in [5.74, 6) is -1.91. The summed E-state index contributed by atoms with van der Waals surface area (Å²) in [6, 6.07) is 2.93. The topological polar surface area (TPSA) is 116 Å². The number of hydrogen-bond acceptors (Lipinski definition) is 6. The lowest BCUT2D eigenvalue weighted by atomic mass is 10.1. The summed E-state index contributed by atoms with van der Waals surface area (Å²) in [6.07, 6.45) is 0.325. The van der Waals surface area contributed by atoms with Crippen molar-refractivity contribution in [3.05, 3.63) is 17.0 Å². The highest BCUT2D eigenvalue weighted by Crippen LogP contribution is 2.20. The molecule has 0 spiro atoms. The zero-order valence-corrected chi connectivity index (χ0v) is 12.7. The maximum absolute atomic E-state index is 11.8. The van der Waals surface area contributed by atoms with Gasteiger partial charge in [0.15, 0.2) is 0 Å². The first-order chi connectivity index (χ1) is 9.29. The van der Waals surface area contributed by atoms with E-state index in [-0.39, 0.29) is 10.8 Å². The van der Waals surface area contributed by atoms with E-state index < -0.39 is 27.8 Å². The van der Waals surface area contributed by atoms with Gasteiger partial charge in [0.2, 0.25) is 15.9 Å². The van der Waals surface area contributed by atoms with Crippen molar-refractivity contribution in [3.8, 4) is 0 Å². The van der Waals surface area contributed by atoms with Crippen molar-refractivity contribution in [3.63, 3.8) is 0 Å². The van der Waals surface area contributed by atoms with Crippen LogP contribution in [0.2, 0.25) is 0 Å². The molecule has 0 fully saturated rings. The number of amides is 1. The Hall–Kier alpha value is -1.45. The molecule has 1 aromatic rings. The number of hydrogen-bond donors (Lipinski definition) is 2. The molecule has 0 unspecified atom stereocenters. The van der Waals surface area contributed by atoms with Crippen LogP contribution in [0.25, 0.3) is 0 Å². The molecule has 0 aliphatic carbocycles. The average Bonchev–Trinajstić information content (AvgIpc) is 2.85. The van der Waals surface area contributed by atoms with E-state index in [9.17, 15) is 18.0 Å². The van der Waals surface area contributed by atoms with E-state index in [2.05, 4.69) is 10.1 Å². The molecule has 0 aliphatic heterocycles. The molecule has 0 saturated carbocycles. The van der Waals surface area contributed by atoms with Gasteiger partial charge in [-0.05, 0) is 18.6 Å². The molecule has 1 aromatic heterocycles. The summed E-state index contributed by atoms with van der Waals surface area (Å²) in [7, 11) is -2.51. The molecule has 0 saturated heterocycles. The van der Waals surface area contributed by atoms with Gasteiger partial charge in [-0.25, -0.2) is 13.6 Å². The number of esters is 1. The number of thiophene rings is 1. The maximum atomic E-state index is 11.8. The summed E-state index contributed by atoms with van der Waals surface area (Å²) in [6.45, 7) is 1.83. The van der Waals surface area contributed by atoms with Crippen molar-refractivity contribution in [2.45, 2.75) is 24.1 Å². The largest absolute Gasteiger partial charge is 0.468 e. The second-order valence-corrected chi connectivity index (χ2v) is 6.92. The lowest BCUT2D eigenvalue weighted by Gasteiger charge is -2.12. The van der Waals surface area contributed by atoms with E-state index in [1.54, 1.807) is 13.0 Å². The van der Waals surface area contributed by atoms with Crippen LogP contribution >= 0.6 is 11.3 Å². The minimum atomic E-state index is -3.73. The Balaban J connectivity index is 2.65. The van der Waals surface area contributed by atoms with Gasteiger partial charge in [-0.2, -0.15) is 0 Å². The van der Waals surface area contributed by atoms with Crippen LogP contribution in [0, 0.1) is 5.92 Å². The number of nitrogens with two attached hydrogens (primary N) is 1. The van der Waals surface area contributed by atoms with Crippen LogP contribution in [0.5, 0.6) is 0 Å².